The van der Waals surface area contributed by atoms with Crippen molar-refractivity contribution < 1.29 is 43.0 Å². The smallest absolute Gasteiger partial charge is 0.273 e. The fourth-order valence-electron chi connectivity index (χ4n) is 2.95. The Kier molecular flexibility index (Phi) is 10.3. The zero-order chi connectivity index (χ0) is 24.9. The Balaban J connectivity index is 1.62. The molecule has 0 atom stereocenters. The summed E-state index contributed by atoms with van der Waals surface area (Å²) in [6.45, 7) is 2.21. The summed E-state index contributed by atoms with van der Waals surface area (Å²) in [6, 6.07) is 8.17. The molecule has 0 fully saturated rings. The van der Waals surface area contributed by atoms with Gasteiger partial charge in [-0.2, -0.15) is 0 Å². The average Bonchev–Trinajstić information content (AvgIpc) is 2.84. The van der Waals surface area contributed by atoms with Gasteiger partial charge in [0, 0.05) is 12.1 Å². The minimum atomic E-state index is -0.522. The molecule has 1 aliphatic rings. The molecule has 0 radical (unpaired) electrons. The molecular formula is C22H26N2O11. The number of hydrogen-bond acceptors (Lipinski definition) is 11. The van der Waals surface area contributed by atoms with E-state index in [0.29, 0.717) is 24.7 Å². The van der Waals surface area contributed by atoms with Crippen LogP contribution in [0, 0.1) is 20.2 Å². The lowest BCUT2D eigenvalue weighted by Gasteiger charge is -2.13. The molecule has 0 N–H and O–H groups in total. The van der Waals surface area contributed by atoms with Crippen LogP contribution in [0.1, 0.15) is 0 Å². The normalized spacial score (nSPS) is 16.5. The van der Waals surface area contributed by atoms with Gasteiger partial charge in [-0.15, -0.1) is 0 Å². The van der Waals surface area contributed by atoms with Crippen molar-refractivity contribution in [2.75, 3.05) is 66.1 Å². The molecule has 3 rings (SSSR count). The zero-order valence-electron chi connectivity index (χ0n) is 18.9. The van der Waals surface area contributed by atoms with Gasteiger partial charge in [0.25, 0.3) is 11.4 Å². The van der Waals surface area contributed by atoms with E-state index in [1.165, 1.54) is 36.4 Å². The van der Waals surface area contributed by atoms with Gasteiger partial charge in [-0.25, -0.2) is 0 Å². The molecule has 13 nitrogen and oxygen atoms in total. The molecule has 0 aliphatic carbocycles. The molecule has 13 heteroatoms. The molecular weight excluding hydrogens is 468 g/mol. The summed E-state index contributed by atoms with van der Waals surface area (Å²) in [5, 5.41) is 22.2. The summed E-state index contributed by atoms with van der Waals surface area (Å²) >= 11 is 0. The molecule has 1 aliphatic heterocycles. The van der Waals surface area contributed by atoms with Gasteiger partial charge in [-0.3, -0.25) is 20.2 Å². The summed E-state index contributed by atoms with van der Waals surface area (Å²) in [4.78, 5) is 21.1. The van der Waals surface area contributed by atoms with Crippen LogP contribution in [0.3, 0.4) is 0 Å². The molecule has 35 heavy (non-hydrogen) atoms. The highest BCUT2D eigenvalue weighted by Gasteiger charge is 2.15. The summed E-state index contributed by atoms with van der Waals surface area (Å²) in [6.07, 6.45) is 0. The predicted molar refractivity (Wildman–Crippen MR) is 121 cm³/mol. The lowest BCUT2D eigenvalue weighted by molar-refractivity contribution is -0.385. The summed E-state index contributed by atoms with van der Waals surface area (Å²) < 4.78 is 38.9. The Morgan fingerprint density at radius 3 is 1.14 bits per heavy atom. The van der Waals surface area contributed by atoms with Crippen LogP contribution in [0.2, 0.25) is 0 Å². The highest BCUT2D eigenvalue weighted by molar-refractivity contribution is 5.49. The molecule has 0 saturated carbocycles. The molecule has 0 amide bonds. The van der Waals surface area contributed by atoms with Crippen LogP contribution in [0.25, 0.3) is 0 Å². The van der Waals surface area contributed by atoms with E-state index in [4.69, 9.17) is 33.2 Å². The van der Waals surface area contributed by atoms with E-state index in [-0.39, 0.29) is 75.7 Å². The van der Waals surface area contributed by atoms with Crippen molar-refractivity contribution in [1.82, 2.24) is 0 Å². The first-order valence-corrected chi connectivity index (χ1v) is 10.9. The molecule has 0 spiro atoms. The van der Waals surface area contributed by atoms with Crippen molar-refractivity contribution in [3.8, 4) is 23.0 Å². The van der Waals surface area contributed by atoms with E-state index >= 15 is 0 Å². The van der Waals surface area contributed by atoms with E-state index in [1.807, 2.05) is 0 Å². The third kappa shape index (κ3) is 8.55. The Bertz CT molecular complexity index is 908. The summed E-state index contributed by atoms with van der Waals surface area (Å²) in [7, 11) is 0. The van der Waals surface area contributed by atoms with Crippen molar-refractivity contribution in [1.29, 1.82) is 0 Å². The fourth-order valence-corrected chi connectivity index (χ4v) is 2.95. The number of non-ortho nitro benzene ring substituents is 2. The maximum atomic E-state index is 11.1. The van der Waals surface area contributed by atoms with Crippen LogP contribution >= 0.6 is 0 Å². The van der Waals surface area contributed by atoms with Crippen LogP contribution < -0.4 is 18.9 Å². The Labute approximate surface area is 200 Å². The van der Waals surface area contributed by atoms with Crippen LogP contribution in [0.5, 0.6) is 23.0 Å². The summed E-state index contributed by atoms with van der Waals surface area (Å²) in [5.74, 6) is 1.12. The van der Waals surface area contributed by atoms with E-state index in [9.17, 15) is 20.2 Å². The van der Waals surface area contributed by atoms with E-state index in [1.54, 1.807) is 0 Å². The van der Waals surface area contributed by atoms with Crippen LogP contribution in [-0.4, -0.2) is 75.9 Å². The first-order valence-electron chi connectivity index (χ1n) is 10.9. The average molecular weight is 494 g/mol. The van der Waals surface area contributed by atoms with Gasteiger partial charge in [-0.1, -0.05) is 0 Å². The van der Waals surface area contributed by atoms with Crippen molar-refractivity contribution in [2.24, 2.45) is 0 Å². The SMILES string of the molecule is O=[N+]([O-])c1ccc2c(c1)OCCOCCOc1cc([N+](=O)[O-])ccc1OCCOCCOCCO2. The van der Waals surface area contributed by atoms with E-state index in [0.717, 1.165) is 0 Å². The minimum absolute atomic E-state index is 0.108. The highest BCUT2D eigenvalue weighted by Crippen LogP contribution is 2.32. The van der Waals surface area contributed by atoms with Crippen molar-refractivity contribution in [3.63, 3.8) is 0 Å². The number of benzene rings is 2. The monoisotopic (exact) mass is 494 g/mol. The quantitative estimate of drug-likeness (QED) is 0.448. The highest BCUT2D eigenvalue weighted by atomic mass is 16.6. The van der Waals surface area contributed by atoms with Gasteiger partial charge in [0.15, 0.2) is 23.0 Å². The molecule has 0 bridgehead atoms. The molecule has 2 aromatic rings. The Hall–Kier alpha value is -3.68. The second-order valence-corrected chi connectivity index (χ2v) is 7.01. The topological polar surface area (TPSA) is 151 Å². The molecule has 2 aromatic carbocycles. The number of hydrogen-bond donors (Lipinski definition) is 0. The van der Waals surface area contributed by atoms with Gasteiger partial charge < -0.3 is 33.2 Å². The van der Waals surface area contributed by atoms with E-state index < -0.39 is 9.85 Å². The van der Waals surface area contributed by atoms with Crippen LogP contribution in [0.4, 0.5) is 11.4 Å². The lowest BCUT2D eigenvalue weighted by Crippen LogP contribution is -2.14. The van der Waals surface area contributed by atoms with Gasteiger partial charge in [-0.05, 0) is 12.1 Å². The lowest BCUT2D eigenvalue weighted by atomic mass is 10.3. The molecule has 190 valence electrons. The molecule has 0 aromatic heterocycles. The van der Waals surface area contributed by atoms with Gasteiger partial charge >= 0.3 is 0 Å². The van der Waals surface area contributed by atoms with Gasteiger partial charge in [0.1, 0.15) is 26.4 Å². The molecule has 0 unspecified atom stereocenters. The number of nitro groups is 2. The number of fused-ring (bicyclic) bond motifs is 2. The second-order valence-electron chi connectivity index (χ2n) is 7.01. The zero-order valence-corrected chi connectivity index (χ0v) is 18.9. The summed E-state index contributed by atoms with van der Waals surface area (Å²) in [5.41, 5.74) is -0.258. The first kappa shape index (κ1) is 25.9. The second kappa shape index (κ2) is 13.9. The predicted octanol–water partition coefficient (Wildman–Crippen LogP) is 2.78. The van der Waals surface area contributed by atoms with Crippen LogP contribution in [-0.2, 0) is 14.2 Å². The van der Waals surface area contributed by atoms with Gasteiger partial charge in [0.05, 0.1) is 61.6 Å². The van der Waals surface area contributed by atoms with Gasteiger partial charge in [0.2, 0.25) is 0 Å². The van der Waals surface area contributed by atoms with E-state index in [2.05, 4.69) is 0 Å². The number of ether oxygens (including phenoxy) is 7. The fraction of sp³-hybridized carbons (Fsp3) is 0.455. The molecule has 0 saturated heterocycles. The Morgan fingerprint density at radius 2 is 0.800 bits per heavy atom. The molecule has 1 heterocycles. The minimum Gasteiger partial charge on any atom is -0.487 e. The van der Waals surface area contributed by atoms with Crippen LogP contribution in [0.15, 0.2) is 36.4 Å². The third-order valence-electron chi connectivity index (χ3n) is 4.59. The maximum absolute atomic E-state index is 11.1. The van der Waals surface area contributed by atoms with Crippen molar-refractivity contribution >= 4 is 11.4 Å². The standard InChI is InChI=1S/C22H26N2O11/c25-23(26)17-1-3-19-21(15-17)34-13-9-31-10-14-35-22-16-18(24(27)28)2-4-20(22)33-12-8-30-6-5-29-7-11-32-19/h1-4,15-16H,5-14H2. The first-order chi connectivity index (χ1) is 17.0. The number of nitro benzene ring substituents is 2. The van der Waals surface area contributed by atoms with Crippen molar-refractivity contribution in [2.45, 2.75) is 0 Å². The third-order valence-corrected chi connectivity index (χ3v) is 4.59. The largest absolute Gasteiger partial charge is 0.487 e. The number of nitrogens with zero attached hydrogens (tertiary/aromatic N) is 2. The van der Waals surface area contributed by atoms with Crippen molar-refractivity contribution in [3.05, 3.63) is 56.6 Å². The number of rotatable bonds is 2. The maximum Gasteiger partial charge on any atom is 0.273 e. The Morgan fingerprint density at radius 1 is 0.486 bits per heavy atom.